The lowest BCUT2D eigenvalue weighted by atomic mass is 10.0. The van der Waals surface area contributed by atoms with Gasteiger partial charge in [-0.05, 0) is 34.1 Å². The monoisotopic (exact) mass is 388 g/mol. The second-order valence-electron chi connectivity index (χ2n) is 3.47. The van der Waals surface area contributed by atoms with Crippen molar-refractivity contribution in [2.24, 2.45) is 0 Å². The van der Waals surface area contributed by atoms with Crippen LogP contribution in [0.25, 0.3) is 0 Å². The zero-order chi connectivity index (χ0) is 13.4. The third-order valence-electron chi connectivity index (χ3n) is 2.31. The summed E-state index contributed by atoms with van der Waals surface area (Å²) in [6, 6.07) is 4.06. The highest BCUT2D eigenvalue weighted by Gasteiger charge is 2.21. The molecule has 96 valence electrons. The molecule has 0 bridgehead atoms. The topological polar surface area (TPSA) is 20.2 Å². The van der Waals surface area contributed by atoms with Gasteiger partial charge in [0.1, 0.15) is 16.3 Å². The van der Waals surface area contributed by atoms with E-state index in [4.69, 9.17) is 34.8 Å². The normalized spacial score (nSPS) is 12.8. The summed E-state index contributed by atoms with van der Waals surface area (Å²) < 4.78 is 15.0. The number of hydrogen-bond donors (Lipinski definition) is 1. The van der Waals surface area contributed by atoms with E-state index in [1.165, 1.54) is 18.2 Å². The third-order valence-corrected chi connectivity index (χ3v) is 5.03. The lowest BCUT2D eigenvalue weighted by Gasteiger charge is -2.12. The maximum atomic E-state index is 13.8. The predicted molar refractivity (Wildman–Crippen MR) is 77.5 cm³/mol. The van der Waals surface area contributed by atoms with Gasteiger partial charge in [-0.1, -0.05) is 34.8 Å². The first-order valence-electron chi connectivity index (χ1n) is 4.67. The Kier molecular flexibility index (Phi) is 4.57. The highest BCUT2D eigenvalue weighted by molar-refractivity contribution is 9.10. The lowest BCUT2D eigenvalue weighted by molar-refractivity contribution is 0.215. The van der Waals surface area contributed by atoms with Gasteiger partial charge in [0.05, 0.1) is 9.36 Å². The van der Waals surface area contributed by atoms with Gasteiger partial charge in [-0.15, -0.1) is 11.3 Å². The van der Waals surface area contributed by atoms with Crippen LogP contribution in [0.4, 0.5) is 4.39 Å². The molecule has 0 spiro atoms. The maximum absolute atomic E-state index is 13.8. The summed E-state index contributed by atoms with van der Waals surface area (Å²) in [6.45, 7) is 0. The largest absolute Gasteiger partial charge is 0.383 e. The second-order valence-corrected chi connectivity index (χ2v) is 7.02. The first kappa shape index (κ1) is 14.6. The van der Waals surface area contributed by atoms with E-state index in [1.54, 1.807) is 0 Å². The Balaban J connectivity index is 2.49. The fraction of sp³-hybridized carbons (Fsp3) is 0.0909. The summed E-state index contributed by atoms with van der Waals surface area (Å²) in [5.74, 6) is -0.572. The van der Waals surface area contributed by atoms with E-state index >= 15 is 0 Å². The van der Waals surface area contributed by atoms with Crippen LogP contribution in [0.1, 0.15) is 17.2 Å². The lowest BCUT2D eigenvalue weighted by Crippen LogP contribution is -2.02. The molecule has 1 aromatic carbocycles. The Bertz CT molecular complexity index is 602. The van der Waals surface area contributed by atoms with Gasteiger partial charge in [0.25, 0.3) is 0 Å². The molecule has 1 aromatic heterocycles. The molecule has 1 atom stereocenters. The van der Waals surface area contributed by atoms with Crippen LogP contribution >= 0.6 is 62.1 Å². The Hall–Kier alpha value is 0.160. The zero-order valence-electron chi connectivity index (χ0n) is 8.55. The highest BCUT2D eigenvalue weighted by Crippen LogP contribution is 2.39. The molecule has 7 heteroatoms. The van der Waals surface area contributed by atoms with Crippen molar-refractivity contribution in [1.29, 1.82) is 0 Å². The maximum Gasteiger partial charge on any atom is 0.130 e. The molecule has 1 nitrogen and oxygen atoms in total. The van der Waals surface area contributed by atoms with Crippen LogP contribution in [-0.4, -0.2) is 5.11 Å². The fourth-order valence-electron chi connectivity index (χ4n) is 1.45. The standard InChI is InChI=1S/C11H5BrCl3FOS/c12-6-3-8(16)4(1-7(6)13)10(17)5-2-9(14)18-11(5)15/h1-3,10,17H. The summed E-state index contributed by atoms with van der Waals surface area (Å²) in [6.07, 6.45) is -1.20. The van der Waals surface area contributed by atoms with Crippen LogP contribution in [0.5, 0.6) is 0 Å². The molecule has 0 aliphatic rings. The summed E-state index contributed by atoms with van der Waals surface area (Å²) >= 11 is 21.8. The van der Waals surface area contributed by atoms with E-state index in [2.05, 4.69) is 15.9 Å². The minimum Gasteiger partial charge on any atom is -0.383 e. The van der Waals surface area contributed by atoms with Gasteiger partial charge < -0.3 is 5.11 Å². The first-order chi connectivity index (χ1) is 8.40. The van der Waals surface area contributed by atoms with E-state index in [9.17, 15) is 9.50 Å². The quantitative estimate of drug-likeness (QED) is 0.653. The summed E-state index contributed by atoms with van der Waals surface area (Å²) in [7, 11) is 0. The number of aliphatic hydroxyl groups is 1. The van der Waals surface area contributed by atoms with Crippen molar-refractivity contribution in [2.75, 3.05) is 0 Å². The Morgan fingerprint density at radius 2 is 1.83 bits per heavy atom. The molecule has 1 unspecified atom stereocenters. The third kappa shape index (κ3) is 2.84. The van der Waals surface area contributed by atoms with Crippen molar-refractivity contribution in [3.05, 3.63) is 53.3 Å². The summed E-state index contributed by atoms with van der Waals surface area (Å²) in [4.78, 5) is 0. The number of halogens is 5. The molecule has 1 N–H and O–H groups in total. The molecule has 0 aliphatic carbocycles. The van der Waals surface area contributed by atoms with Gasteiger partial charge in [-0.3, -0.25) is 0 Å². The van der Waals surface area contributed by atoms with Gasteiger partial charge >= 0.3 is 0 Å². The molecule has 0 fully saturated rings. The molecule has 2 aromatic rings. The summed E-state index contributed by atoms with van der Waals surface area (Å²) in [5, 5.41) is 10.4. The molecule has 0 aliphatic heterocycles. The van der Waals surface area contributed by atoms with Crippen LogP contribution < -0.4 is 0 Å². The molecule has 2 rings (SSSR count). The molecule has 1 heterocycles. The minimum atomic E-state index is -1.20. The Morgan fingerprint density at radius 3 is 2.39 bits per heavy atom. The van der Waals surface area contributed by atoms with Crippen LogP contribution in [0, 0.1) is 5.82 Å². The number of aliphatic hydroxyl groups excluding tert-OH is 1. The number of rotatable bonds is 2. The number of thiophene rings is 1. The van der Waals surface area contributed by atoms with Crippen molar-refractivity contribution < 1.29 is 9.50 Å². The van der Waals surface area contributed by atoms with Crippen LogP contribution in [0.15, 0.2) is 22.7 Å². The van der Waals surface area contributed by atoms with Gasteiger partial charge in [0.15, 0.2) is 0 Å². The average Bonchev–Trinajstić information content (AvgIpc) is 2.62. The average molecular weight is 390 g/mol. The van der Waals surface area contributed by atoms with E-state index in [0.717, 1.165) is 11.3 Å². The molecule has 0 saturated carbocycles. The van der Waals surface area contributed by atoms with Crippen molar-refractivity contribution in [1.82, 2.24) is 0 Å². The summed E-state index contributed by atoms with van der Waals surface area (Å²) in [5.41, 5.74) is 0.420. The molecule has 18 heavy (non-hydrogen) atoms. The number of hydrogen-bond acceptors (Lipinski definition) is 2. The fourth-order valence-corrected chi connectivity index (χ4v) is 3.46. The van der Waals surface area contributed by atoms with E-state index < -0.39 is 11.9 Å². The first-order valence-corrected chi connectivity index (χ1v) is 7.41. The van der Waals surface area contributed by atoms with E-state index in [0.29, 0.717) is 23.7 Å². The van der Waals surface area contributed by atoms with Gasteiger partial charge in [0, 0.05) is 15.6 Å². The molecule has 0 amide bonds. The van der Waals surface area contributed by atoms with Crippen molar-refractivity contribution in [3.8, 4) is 0 Å². The minimum absolute atomic E-state index is 0.0552. The number of benzene rings is 1. The Labute approximate surface area is 130 Å². The SMILES string of the molecule is OC(c1cc(Cl)c(Br)cc1F)c1cc(Cl)sc1Cl. The zero-order valence-corrected chi connectivity index (χ0v) is 13.2. The molecular weight excluding hydrogens is 385 g/mol. The van der Waals surface area contributed by atoms with Crippen molar-refractivity contribution in [2.45, 2.75) is 6.10 Å². The van der Waals surface area contributed by atoms with Crippen LogP contribution in [-0.2, 0) is 0 Å². The van der Waals surface area contributed by atoms with Crippen molar-refractivity contribution in [3.63, 3.8) is 0 Å². The van der Waals surface area contributed by atoms with Gasteiger partial charge in [-0.2, -0.15) is 0 Å². The molecule has 0 radical (unpaired) electrons. The van der Waals surface area contributed by atoms with Gasteiger partial charge in [-0.25, -0.2) is 4.39 Å². The molecular formula is C11H5BrCl3FOS. The molecule has 0 saturated heterocycles. The van der Waals surface area contributed by atoms with E-state index in [-0.39, 0.29) is 5.56 Å². The highest BCUT2D eigenvalue weighted by atomic mass is 79.9. The van der Waals surface area contributed by atoms with Crippen LogP contribution in [0.2, 0.25) is 13.7 Å². The van der Waals surface area contributed by atoms with Crippen LogP contribution in [0.3, 0.4) is 0 Å². The smallest absolute Gasteiger partial charge is 0.130 e. The Morgan fingerprint density at radius 1 is 1.17 bits per heavy atom. The van der Waals surface area contributed by atoms with Gasteiger partial charge in [0.2, 0.25) is 0 Å². The van der Waals surface area contributed by atoms with Crippen molar-refractivity contribution >= 4 is 62.1 Å². The predicted octanol–water partition coefficient (Wildman–Crippen LogP) is 5.69. The second kappa shape index (κ2) is 5.65. The van der Waals surface area contributed by atoms with E-state index in [1.807, 2.05) is 0 Å².